The van der Waals surface area contributed by atoms with Crippen LogP contribution in [0.3, 0.4) is 0 Å². The molecule has 0 bridgehead atoms. The summed E-state index contributed by atoms with van der Waals surface area (Å²) in [5.74, 6) is 0.787. The molecule has 0 fully saturated rings. The summed E-state index contributed by atoms with van der Waals surface area (Å²) in [4.78, 5) is 3.88. The highest BCUT2D eigenvalue weighted by molar-refractivity contribution is 9.09. The maximum absolute atomic E-state index is 3.88. The summed E-state index contributed by atoms with van der Waals surface area (Å²) in [6.45, 7) is 0. The van der Waals surface area contributed by atoms with Crippen LogP contribution < -0.4 is 0 Å². The van der Waals surface area contributed by atoms with E-state index < -0.39 is 0 Å². The Kier molecular flexibility index (Phi) is 2.45. The molecule has 48 valence electrons. The standard InChI is InChI=1S/C5H6BrN3/c6-3-1-2-5-7-4-8-9-5/h1-2,4H,3H2,(H,7,8,9). The Bertz CT molecular complexity index is 180. The summed E-state index contributed by atoms with van der Waals surface area (Å²) in [6.07, 6.45) is 5.29. The fourth-order valence-corrected chi connectivity index (χ4v) is 0.638. The molecule has 0 aromatic carbocycles. The molecule has 9 heavy (non-hydrogen) atoms. The number of rotatable bonds is 2. The molecule has 3 nitrogen and oxygen atoms in total. The van der Waals surface area contributed by atoms with Crippen molar-refractivity contribution in [1.82, 2.24) is 15.2 Å². The predicted molar refractivity (Wildman–Crippen MR) is 39.2 cm³/mol. The summed E-state index contributed by atoms with van der Waals surface area (Å²) in [7, 11) is 0. The van der Waals surface area contributed by atoms with Crippen molar-refractivity contribution in [3.63, 3.8) is 0 Å². The number of aromatic nitrogens is 3. The zero-order valence-electron chi connectivity index (χ0n) is 4.71. The summed E-state index contributed by atoms with van der Waals surface area (Å²) in [6, 6.07) is 0. The molecule has 0 aliphatic carbocycles. The number of halogens is 1. The Hall–Kier alpha value is -0.640. The second kappa shape index (κ2) is 3.40. The van der Waals surface area contributed by atoms with E-state index in [0.717, 1.165) is 11.2 Å². The van der Waals surface area contributed by atoms with Gasteiger partial charge in [0.25, 0.3) is 0 Å². The molecule has 1 aromatic rings. The highest BCUT2D eigenvalue weighted by Crippen LogP contribution is 1.90. The molecule has 0 saturated heterocycles. The van der Waals surface area contributed by atoms with E-state index in [-0.39, 0.29) is 0 Å². The number of nitrogens with zero attached hydrogens (tertiary/aromatic N) is 2. The molecule has 0 spiro atoms. The fourth-order valence-electron chi connectivity index (χ4n) is 0.451. The van der Waals surface area contributed by atoms with Crippen LogP contribution in [0.25, 0.3) is 6.08 Å². The Morgan fingerprint density at radius 2 is 2.67 bits per heavy atom. The number of hydrogen-bond donors (Lipinski definition) is 1. The first-order valence-electron chi connectivity index (χ1n) is 2.51. The van der Waals surface area contributed by atoms with Crippen LogP contribution in [0, 0.1) is 0 Å². The van der Waals surface area contributed by atoms with Gasteiger partial charge in [-0.2, -0.15) is 5.10 Å². The number of allylic oxidation sites excluding steroid dienone is 1. The lowest BCUT2D eigenvalue weighted by Crippen LogP contribution is -1.73. The van der Waals surface area contributed by atoms with Crippen molar-refractivity contribution in [3.05, 3.63) is 18.2 Å². The van der Waals surface area contributed by atoms with E-state index in [1.807, 2.05) is 12.2 Å². The lowest BCUT2D eigenvalue weighted by molar-refractivity contribution is 1.08. The van der Waals surface area contributed by atoms with Crippen LogP contribution in [-0.2, 0) is 0 Å². The third kappa shape index (κ3) is 1.97. The van der Waals surface area contributed by atoms with Gasteiger partial charge in [-0.15, -0.1) is 0 Å². The summed E-state index contributed by atoms with van der Waals surface area (Å²) in [5, 5.41) is 7.22. The van der Waals surface area contributed by atoms with E-state index in [1.165, 1.54) is 6.33 Å². The van der Waals surface area contributed by atoms with E-state index in [4.69, 9.17) is 0 Å². The van der Waals surface area contributed by atoms with E-state index in [1.54, 1.807) is 0 Å². The number of hydrogen-bond acceptors (Lipinski definition) is 2. The van der Waals surface area contributed by atoms with Gasteiger partial charge in [-0.25, -0.2) is 4.98 Å². The lowest BCUT2D eigenvalue weighted by Gasteiger charge is -1.77. The molecular weight excluding hydrogens is 182 g/mol. The van der Waals surface area contributed by atoms with Gasteiger partial charge in [0, 0.05) is 5.33 Å². The Morgan fingerprint density at radius 3 is 3.22 bits per heavy atom. The van der Waals surface area contributed by atoms with Gasteiger partial charge in [0.15, 0.2) is 0 Å². The van der Waals surface area contributed by atoms with Crippen molar-refractivity contribution < 1.29 is 0 Å². The van der Waals surface area contributed by atoms with Gasteiger partial charge >= 0.3 is 0 Å². The molecule has 1 N–H and O–H groups in total. The average molecular weight is 188 g/mol. The highest BCUT2D eigenvalue weighted by atomic mass is 79.9. The van der Waals surface area contributed by atoms with Gasteiger partial charge in [0.2, 0.25) is 0 Å². The predicted octanol–water partition coefficient (Wildman–Crippen LogP) is 1.21. The number of nitrogens with one attached hydrogen (secondary N) is 1. The van der Waals surface area contributed by atoms with Crippen molar-refractivity contribution in [3.8, 4) is 0 Å². The third-order valence-electron chi connectivity index (χ3n) is 0.798. The molecule has 0 saturated carbocycles. The minimum absolute atomic E-state index is 0.787. The van der Waals surface area contributed by atoms with Crippen molar-refractivity contribution in [1.29, 1.82) is 0 Å². The van der Waals surface area contributed by atoms with Gasteiger partial charge in [0.1, 0.15) is 12.2 Å². The van der Waals surface area contributed by atoms with E-state index in [0.29, 0.717) is 0 Å². The summed E-state index contributed by atoms with van der Waals surface area (Å²) < 4.78 is 0. The lowest BCUT2D eigenvalue weighted by atomic mass is 10.5. The Morgan fingerprint density at radius 1 is 1.78 bits per heavy atom. The number of alkyl halides is 1. The fraction of sp³-hybridized carbons (Fsp3) is 0.200. The zero-order chi connectivity index (χ0) is 6.53. The molecule has 1 aromatic heterocycles. The maximum atomic E-state index is 3.88. The molecule has 0 unspecified atom stereocenters. The van der Waals surface area contributed by atoms with Gasteiger partial charge in [-0.05, 0) is 6.08 Å². The second-order valence-electron chi connectivity index (χ2n) is 1.43. The van der Waals surface area contributed by atoms with Crippen LogP contribution in [0.2, 0.25) is 0 Å². The topological polar surface area (TPSA) is 41.6 Å². The molecule has 1 rings (SSSR count). The van der Waals surface area contributed by atoms with Crippen LogP contribution in [0.15, 0.2) is 12.4 Å². The first kappa shape index (κ1) is 6.48. The van der Waals surface area contributed by atoms with Crippen molar-refractivity contribution in [2.24, 2.45) is 0 Å². The Labute approximate surface area is 61.3 Å². The van der Waals surface area contributed by atoms with Crippen molar-refractivity contribution in [2.45, 2.75) is 0 Å². The van der Waals surface area contributed by atoms with E-state index >= 15 is 0 Å². The number of H-pyrrole nitrogens is 1. The van der Waals surface area contributed by atoms with Gasteiger partial charge in [-0.1, -0.05) is 22.0 Å². The van der Waals surface area contributed by atoms with E-state index in [2.05, 4.69) is 31.1 Å². The molecule has 0 aliphatic heterocycles. The van der Waals surface area contributed by atoms with Crippen LogP contribution in [-0.4, -0.2) is 20.5 Å². The third-order valence-corrected chi connectivity index (χ3v) is 1.17. The van der Waals surface area contributed by atoms with Gasteiger partial charge in [0.05, 0.1) is 0 Å². The monoisotopic (exact) mass is 187 g/mol. The first-order chi connectivity index (χ1) is 4.43. The van der Waals surface area contributed by atoms with E-state index in [9.17, 15) is 0 Å². The van der Waals surface area contributed by atoms with Crippen LogP contribution in [0.4, 0.5) is 0 Å². The Balaban J connectivity index is 2.57. The molecule has 0 radical (unpaired) electrons. The van der Waals surface area contributed by atoms with Gasteiger partial charge in [-0.3, -0.25) is 5.10 Å². The average Bonchev–Trinajstić information content (AvgIpc) is 2.34. The summed E-state index contributed by atoms with van der Waals surface area (Å²) in [5.41, 5.74) is 0. The minimum Gasteiger partial charge on any atom is -0.260 e. The SMILES string of the molecule is BrCC=Cc1ncn[nH]1. The normalized spacial score (nSPS) is 10.8. The number of aromatic amines is 1. The molecule has 0 amide bonds. The van der Waals surface area contributed by atoms with Crippen molar-refractivity contribution in [2.75, 3.05) is 5.33 Å². The van der Waals surface area contributed by atoms with Crippen LogP contribution in [0.5, 0.6) is 0 Å². The largest absolute Gasteiger partial charge is 0.260 e. The molecule has 1 heterocycles. The van der Waals surface area contributed by atoms with Gasteiger partial charge < -0.3 is 0 Å². The van der Waals surface area contributed by atoms with Crippen LogP contribution in [0.1, 0.15) is 5.82 Å². The summed E-state index contributed by atoms with van der Waals surface area (Å²) >= 11 is 3.25. The zero-order valence-corrected chi connectivity index (χ0v) is 6.30. The first-order valence-corrected chi connectivity index (χ1v) is 3.63. The van der Waals surface area contributed by atoms with Crippen molar-refractivity contribution >= 4 is 22.0 Å². The molecule has 0 aliphatic rings. The molecule has 0 atom stereocenters. The quantitative estimate of drug-likeness (QED) is 0.708. The van der Waals surface area contributed by atoms with Crippen LogP contribution >= 0.6 is 15.9 Å². The molecular formula is C5H6BrN3. The smallest absolute Gasteiger partial charge is 0.147 e. The second-order valence-corrected chi connectivity index (χ2v) is 2.07. The highest BCUT2D eigenvalue weighted by Gasteiger charge is 1.83. The minimum atomic E-state index is 0.787. The maximum Gasteiger partial charge on any atom is 0.147 e. The molecule has 4 heteroatoms.